The van der Waals surface area contributed by atoms with E-state index in [1.54, 1.807) is 25.1 Å². The van der Waals surface area contributed by atoms with Crippen LogP contribution in [0.4, 0.5) is 5.69 Å². The SMILES string of the molecule is CCOC(=O)C(=CO)N=Nc1ccc(Br)cc1OC. The fourth-order valence-corrected chi connectivity index (χ4v) is 1.51. The summed E-state index contributed by atoms with van der Waals surface area (Å²) in [5.74, 6) is -0.260. The highest BCUT2D eigenvalue weighted by Crippen LogP contribution is 2.31. The van der Waals surface area contributed by atoms with E-state index in [1.807, 2.05) is 0 Å². The van der Waals surface area contributed by atoms with Crippen LogP contribution < -0.4 is 4.74 Å². The molecule has 1 rings (SSSR count). The number of rotatable bonds is 5. The molecular weight excluding hydrogens is 316 g/mol. The molecule has 19 heavy (non-hydrogen) atoms. The first-order valence-electron chi connectivity index (χ1n) is 5.39. The molecule has 102 valence electrons. The number of hydrogen-bond acceptors (Lipinski definition) is 6. The monoisotopic (exact) mass is 328 g/mol. The van der Waals surface area contributed by atoms with Crippen LogP contribution in [0, 0.1) is 0 Å². The third-order valence-electron chi connectivity index (χ3n) is 2.01. The van der Waals surface area contributed by atoms with Crippen LogP contribution >= 0.6 is 15.9 Å². The van der Waals surface area contributed by atoms with Gasteiger partial charge in [0.05, 0.1) is 13.7 Å². The van der Waals surface area contributed by atoms with E-state index in [0.717, 1.165) is 4.47 Å². The fourth-order valence-electron chi connectivity index (χ4n) is 1.17. The molecule has 1 N–H and O–H groups in total. The molecule has 7 heteroatoms. The van der Waals surface area contributed by atoms with Crippen LogP contribution in [0.15, 0.2) is 44.9 Å². The van der Waals surface area contributed by atoms with E-state index in [4.69, 9.17) is 14.6 Å². The fraction of sp³-hybridized carbons (Fsp3) is 0.250. The van der Waals surface area contributed by atoms with Crippen LogP contribution in [0.5, 0.6) is 5.75 Å². The molecule has 0 unspecified atom stereocenters. The van der Waals surface area contributed by atoms with Gasteiger partial charge in [-0.2, -0.15) is 0 Å². The van der Waals surface area contributed by atoms with E-state index in [0.29, 0.717) is 17.7 Å². The highest BCUT2D eigenvalue weighted by molar-refractivity contribution is 9.10. The first-order chi connectivity index (χ1) is 9.12. The van der Waals surface area contributed by atoms with Crippen LogP contribution in [-0.2, 0) is 9.53 Å². The molecule has 0 radical (unpaired) electrons. The van der Waals surface area contributed by atoms with Crippen molar-refractivity contribution < 1.29 is 19.4 Å². The molecule has 0 fully saturated rings. The molecule has 0 bridgehead atoms. The molecular formula is C12H13BrN2O4. The van der Waals surface area contributed by atoms with E-state index in [1.165, 1.54) is 7.11 Å². The number of carbonyl (C=O) groups is 1. The Morgan fingerprint density at radius 2 is 2.26 bits per heavy atom. The molecule has 0 atom stereocenters. The molecule has 0 aromatic heterocycles. The van der Waals surface area contributed by atoms with Crippen molar-refractivity contribution in [3.63, 3.8) is 0 Å². The van der Waals surface area contributed by atoms with Crippen molar-refractivity contribution in [1.29, 1.82) is 0 Å². The quantitative estimate of drug-likeness (QED) is 0.388. The Balaban J connectivity index is 2.94. The smallest absolute Gasteiger partial charge is 0.362 e. The molecule has 0 heterocycles. The van der Waals surface area contributed by atoms with Gasteiger partial charge in [-0.25, -0.2) is 4.79 Å². The minimum atomic E-state index is -0.746. The normalized spacial score (nSPS) is 11.6. The summed E-state index contributed by atoms with van der Waals surface area (Å²) in [6.45, 7) is 1.84. The van der Waals surface area contributed by atoms with Crippen molar-refractivity contribution in [3.05, 3.63) is 34.6 Å². The standard InChI is InChI=1S/C12H13BrN2O4/c1-3-19-12(17)10(7-16)15-14-9-5-4-8(13)6-11(9)18-2/h4-7,16H,3H2,1-2H3. The number of hydrogen-bond donors (Lipinski definition) is 1. The van der Waals surface area contributed by atoms with Gasteiger partial charge in [-0.05, 0) is 25.1 Å². The zero-order valence-electron chi connectivity index (χ0n) is 10.5. The summed E-state index contributed by atoms with van der Waals surface area (Å²) in [6, 6.07) is 5.12. The summed E-state index contributed by atoms with van der Waals surface area (Å²) in [4.78, 5) is 11.4. The van der Waals surface area contributed by atoms with Crippen LogP contribution in [0.1, 0.15) is 6.92 Å². The van der Waals surface area contributed by atoms with Crippen LogP contribution in [0.2, 0.25) is 0 Å². The third kappa shape index (κ3) is 4.36. The summed E-state index contributed by atoms with van der Waals surface area (Å²) in [5, 5.41) is 16.4. The number of carbonyl (C=O) groups excluding carboxylic acids is 1. The maximum Gasteiger partial charge on any atom is 0.362 e. The molecule has 0 spiro atoms. The lowest BCUT2D eigenvalue weighted by molar-refractivity contribution is -0.138. The number of methoxy groups -OCH3 is 1. The number of esters is 1. The van der Waals surface area contributed by atoms with E-state index >= 15 is 0 Å². The van der Waals surface area contributed by atoms with Crippen molar-refractivity contribution in [2.45, 2.75) is 6.92 Å². The van der Waals surface area contributed by atoms with Crippen molar-refractivity contribution >= 4 is 27.6 Å². The number of nitrogens with zero attached hydrogens (tertiary/aromatic N) is 2. The first kappa shape index (κ1) is 15.2. The Hall–Kier alpha value is -1.89. The molecule has 0 aliphatic heterocycles. The summed E-state index contributed by atoms with van der Waals surface area (Å²) in [6.07, 6.45) is 0.548. The molecule has 0 saturated carbocycles. The van der Waals surface area contributed by atoms with Crippen molar-refractivity contribution in [1.82, 2.24) is 0 Å². The number of ether oxygens (including phenoxy) is 2. The first-order valence-corrected chi connectivity index (χ1v) is 6.18. The van der Waals surface area contributed by atoms with Gasteiger partial charge in [0.15, 0.2) is 0 Å². The maximum absolute atomic E-state index is 11.4. The van der Waals surface area contributed by atoms with E-state index in [-0.39, 0.29) is 12.3 Å². The van der Waals surface area contributed by atoms with Gasteiger partial charge in [0.1, 0.15) is 17.7 Å². The minimum Gasteiger partial charge on any atom is -0.513 e. The number of aliphatic hydroxyl groups excluding tert-OH is 1. The van der Waals surface area contributed by atoms with Gasteiger partial charge >= 0.3 is 5.97 Å². The zero-order valence-corrected chi connectivity index (χ0v) is 12.0. The Kier molecular flexibility index (Phi) is 6.01. The average Bonchev–Trinajstić information content (AvgIpc) is 2.41. The van der Waals surface area contributed by atoms with Crippen LogP contribution in [-0.4, -0.2) is 24.8 Å². The van der Waals surface area contributed by atoms with Gasteiger partial charge in [0.2, 0.25) is 5.70 Å². The molecule has 6 nitrogen and oxygen atoms in total. The molecule has 0 aliphatic carbocycles. The zero-order chi connectivity index (χ0) is 14.3. The highest BCUT2D eigenvalue weighted by atomic mass is 79.9. The predicted octanol–water partition coefficient (Wildman–Crippen LogP) is 3.50. The third-order valence-corrected chi connectivity index (χ3v) is 2.51. The number of benzene rings is 1. The highest BCUT2D eigenvalue weighted by Gasteiger charge is 2.10. The second kappa shape index (κ2) is 7.52. The van der Waals surface area contributed by atoms with E-state index in [2.05, 4.69) is 26.2 Å². The molecule has 1 aromatic carbocycles. The largest absolute Gasteiger partial charge is 0.513 e. The van der Waals surface area contributed by atoms with Gasteiger partial charge in [0.25, 0.3) is 0 Å². The van der Waals surface area contributed by atoms with E-state index in [9.17, 15) is 4.79 Å². The number of halogens is 1. The Morgan fingerprint density at radius 3 is 2.84 bits per heavy atom. The minimum absolute atomic E-state index is 0.188. The number of azo groups is 1. The van der Waals surface area contributed by atoms with Crippen LogP contribution in [0.3, 0.4) is 0 Å². The van der Waals surface area contributed by atoms with Crippen molar-refractivity contribution in [2.75, 3.05) is 13.7 Å². The summed E-state index contributed by atoms with van der Waals surface area (Å²) in [5.41, 5.74) is 0.140. The lowest BCUT2D eigenvalue weighted by Crippen LogP contribution is -2.05. The lowest BCUT2D eigenvalue weighted by Gasteiger charge is -2.04. The van der Waals surface area contributed by atoms with Gasteiger partial charge in [0, 0.05) is 4.47 Å². The summed E-state index contributed by atoms with van der Waals surface area (Å²) >= 11 is 3.30. The topological polar surface area (TPSA) is 80.5 Å². The van der Waals surface area contributed by atoms with Crippen molar-refractivity contribution in [2.24, 2.45) is 10.2 Å². The Bertz CT molecular complexity index is 514. The molecule has 0 saturated heterocycles. The molecule has 0 amide bonds. The van der Waals surface area contributed by atoms with Gasteiger partial charge in [-0.15, -0.1) is 10.2 Å². The predicted molar refractivity (Wildman–Crippen MR) is 72.6 cm³/mol. The maximum atomic E-state index is 11.4. The van der Waals surface area contributed by atoms with Crippen molar-refractivity contribution in [3.8, 4) is 5.75 Å². The van der Waals surface area contributed by atoms with Gasteiger partial charge in [-0.3, -0.25) is 0 Å². The van der Waals surface area contributed by atoms with Crippen LogP contribution in [0.25, 0.3) is 0 Å². The Labute approximate surface area is 118 Å². The average molecular weight is 329 g/mol. The number of aliphatic hydroxyl groups is 1. The van der Waals surface area contributed by atoms with Gasteiger partial charge in [-0.1, -0.05) is 15.9 Å². The Morgan fingerprint density at radius 1 is 1.53 bits per heavy atom. The lowest BCUT2D eigenvalue weighted by atomic mass is 10.3. The van der Waals surface area contributed by atoms with Gasteiger partial charge < -0.3 is 14.6 Å². The second-order valence-corrected chi connectivity index (χ2v) is 4.17. The molecule has 1 aromatic rings. The molecule has 0 aliphatic rings. The summed E-state index contributed by atoms with van der Waals surface area (Å²) in [7, 11) is 1.49. The summed E-state index contributed by atoms with van der Waals surface area (Å²) < 4.78 is 10.6. The second-order valence-electron chi connectivity index (χ2n) is 3.25. The van der Waals surface area contributed by atoms with E-state index < -0.39 is 5.97 Å².